The minimum atomic E-state index is -0.0536. The first-order chi connectivity index (χ1) is 7.29. The molecule has 1 aromatic carbocycles. The Hall–Kier alpha value is -0.870. The summed E-state index contributed by atoms with van der Waals surface area (Å²) in [5.74, 6) is -0.0536. The van der Waals surface area contributed by atoms with Crippen LogP contribution in [0.25, 0.3) is 0 Å². The molecule has 1 aromatic rings. The Bertz CT molecular complexity index is 328. The lowest BCUT2D eigenvalue weighted by Gasteiger charge is -2.07. The highest BCUT2D eigenvalue weighted by Gasteiger charge is 2.08. The van der Waals surface area contributed by atoms with Gasteiger partial charge in [-0.05, 0) is 11.6 Å². The Morgan fingerprint density at radius 2 is 2.20 bits per heavy atom. The molecule has 0 fully saturated rings. The Kier molecular flexibility index (Phi) is 5.36. The van der Waals surface area contributed by atoms with Crippen molar-refractivity contribution in [3.8, 4) is 0 Å². The number of carbonyl (C=O) groups is 1. The average molecular weight is 272 g/mol. The maximum atomic E-state index is 11.7. The number of ether oxygens (including phenoxy) is 1. The van der Waals surface area contributed by atoms with Crippen LogP contribution in [0.5, 0.6) is 0 Å². The van der Waals surface area contributed by atoms with Gasteiger partial charge in [-0.2, -0.15) is 0 Å². The molecule has 0 spiro atoms. The third-order valence-corrected chi connectivity index (χ3v) is 2.60. The molecule has 0 aromatic heterocycles. The molecule has 1 amide bonds. The number of nitrogens with one attached hydrogen (secondary N) is 1. The number of hydrogen-bond acceptors (Lipinski definition) is 2. The van der Waals surface area contributed by atoms with Crippen molar-refractivity contribution in [1.82, 2.24) is 5.32 Å². The molecule has 0 saturated carbocycles. The number of hydrogen-bond donors (Lipinski definition) is 1. The van der Waals surface area contributed by atoms with Gasteiger partial charge in [-0.1, -0.05) is 34.1 Å². The molecule has 0 aliphatic carbocycles. The predicted octanol–water partition coefficient (Wildman–Crippen LogP) is 1.96. The zero-order valence-electron chi connectivity index (χ0n) is 8.63. The van der Waals surface area contributed by atoms with E-state index in [1.54, 1.807) is 7.11 Å². The maximum Gasteiger partial charge on any atom is 0.251 e. The second-order valence-electron chi connectivity index (χ2n) is 3.04. The SMILES string of the molecule is COCCNC(=O)c1ccccc1CBr. The van der Waals surface area contributed by atoms with Crippen LogP contribution in [0.15, 0.2) is 24.3 Å². The fourth-order valence-electron chi connectivity index (χ4n) is 1.22. The van der Waals surface area contributed by atoms with Crippen LogP contribution in [0, 0.1) is 0 Å². The van der Waals surface area contributed by atoms with Gasteiger partial charge in [0, 0.05) is 24.5 Å². The first-order valence-electron chi connectivity index (χ1n) is 4.70. The summed E-state index contributed by atoms with van der Waals surface area (Å²) < 4.78 is 4.86. The average Bonchev–Trinajstić information content (AvgIpc) is 2.29. The van der Waals surface area contributed by atoms with Crippen molar-refractivity contribution >= 4 is 21.8 Å². The van der Waals surface area contributed by atoms with Crippen LogP contribution in [0.4, 0.5) is 0 Å². The second kappa shape index (κ2) is 6.58. The van der Waals surface area contributed by atoms with Gasteiger partial charge in [0.05, 0.1) is 6.61 Å². The molecule has 0 atom stereocenters. The summed E-state index contributed by atoms with van der Waals surface area (Å²) in [4.78, 5) is 11.7. The van der Waals surface area contributed by atoms with E-state index in [9.17, 15) is 4.79 Å². The molecule has 1 N–H and O–H groups in total. The van der Waals surface area contributed by atoms with E-state index in [2.05, 4.69) is 21.2 Å². The Balaban J connectivity index is 2.64. The zero-order valence-corrected chi connectivity index (χ0v) is 10.2. The lowest BCUT2D eigenvalue weighted by atomic mass is 10.1. The van der Waals surface area contributed by atoms with Gasteiger partial charge < -0.3 is 10.1 Å². The van der Waals surface area contributed by atoms with Crippen LogP contribution >= 0.6 is 15.9 Å². The van der Waals surface area contributed by atoms with Crippen molar-refractivity contribution in [2.45, 2.75) is 5.33 Å². The van der Waals surface area contributed by atoms with Gasteiger partial charge in [-0.15, -0.1) is 0 Å². The van der Waals surface area contributed by atoms with Crippen molar-refractivity contribution in [1.29, 1.82) is 0 Å². The van der Waals surface area contributed by atoms with Crippen LogP contribution in [-0.2, 0) is 10.1 Å². The fraction of sp³-hybridized carbons (Fsp3) is 0.364. The van der Waals surface area contributed by atoms with Gasteiger partial charge >= 0.3 is 0 Å². The first kappa shape index (κ1) is 12.2. The van der Waals surface area contributed by atoms with Gasteiger partial charge in [0.2, 0.25) is 0 Å². The van der Waals surface area contributed by atoms with Gasteiger partial charge in [-0.25, -0.2) is 0 Å². The smallest absolute Gasteiger partial charge is 0.251 e. The van der Waals surface area contributed by atoms with Crippen molar-refractivity contribution in [3.63, 3.8) is 0 Å². The quantitative estimate of drug-likeness (QED) is 0.657. The topological polar surface area (TPSA) is 38.3 Å². The number of methoxy groups -OCH3 is 1. The first-order valence-corrected chi connectivity index (χ1v) is 5.82. The van der Waals surface area contributed by atoms with Crippen LogP contribution in [0.3, 0.4) is 0 Å². The third kappa shape index (κ3) is 3.64. The molecular formula is C11H14BrNO2. The summed E-state index contributed by atoms with van der Waals surface area (Å²) in [6.07, 6.45) is 0. The molecule has 0 aliphatic rings. The number of amides is 1. The van der Waals surface area contributed by atoms with Gasteiger partial charge in [0.15, 0.2) is 0 Å². The molecule has 3 nitrogen and oxygen atoms in total. The second-order valence-corrected chi connectivity index (χ2v) is 3.60. The number of halogens is 1. The molecule has 0 heterocycles. The Labute approximate surface area is 97.9 Å². The molecule has 15 heavy (non-hydrogen) atoms. The molecule has 0 bridgehead atoms. The summed E-state index contributed by atoms with van der Waals surface area (Å²) >= 11 is 3.35. The van der Waals surface area contributed by atoms with Crippen LogP contribution in [0.2, 0.25) is 0 Å². The van der Waals surface area contributed by atoms with E-state index in [1.807, 2.05) is 24.3 Å². The number of alkyl halides is 1. The molecule has 0 radical (unpaired) electrons. The van der Waals surface area contributed by atoms with E-state index in [1.165, 1.54) is 0 Å². The monoisotopic (exact) mass is 271 g/mol. The molecular weight excluding hydrogens is 258 g/mol. The molecule has 0 aliphatic heterocycles. The van der Waals surface area contributed by atoms with Crippen LogP contribution < -0.4 is 5.32 Å². The normalized spacial score (nSPS) is 10.0. The van der Waals surface area contributed by atoms with E-state index in [4.69, 9.17) is 4.74 Å². The van der Waals surface area contributed by atoms with Crippen LogP contribution in [0.1, 0.15) is 15.9 Å². The van der Waals surface area contributed by atoms with Crippen molar-refractivity contribution in [2.75, 3.05) is 20.3 Å². The molecule has 0 saturated heterocycles. The highest BCUT2D eigenvalue weighted by molar-refractivity contribution is 9.08. The lowest BCUT2D eigenvalue weighted by Crippen LogP contribution is -2.27. The fourth-order valence-corrected chi connectivity index (χ4v) is 1.71. The summed E-state index contributed by atoms with van der Waals surface area (Å²) in [7, 11) is 1.61. The Morgan fingerprint density at radius 1 is 1.47 bits per heavy atom. The van der Waals surface area contributed by atoms with E-state index in [0.717, 1.165) is 5.56 Å². The molecule has 1 rings (SSSR count). The number of carbonyl (C=O) groups excluding carboxylic acids is 1. The highest BCUT2D eigenvalue weighted by atomic mass is 79.9. The van der Waals surface area contributed by atoms with Crippen molar-refractivity contribution < 1.29 is 9.53 Å². The van der Waals surface area contributed by atoms with E-state index in [-0.39, 0.29) is 5.91 Å². The van der Waals surface area contributed by atoms with E-state index in [0.29, 0.717) is 24.0 Å². The number of benzene rings is 1. The van der Waals surface area contributed by atoms with Gasteiger partial charge in [0.1, 0.15) is 0 Å². The highest BCUT2D eigenvalue weighted by Crippen LogP contribution is 2.11. The van der Waals surface area contributed by atoms with Crippen molar-refractivity contribution in [3.05, 3.63) is 35.4 Å². The molecule has 0 unspecified atom stereocenters. The summed E-state index contributed by atoms with van der Waals surface area (Å²) in [5, 5.41) is 3.47. The van der Waals surface area contributed by atoms with E-state index < -0.39 is 0 Å². The predicted molar refractivity (Wildman–Crippen MR) is 63.3 cm³/mol. The molecule has 82 valence electrons. The summed E-state index contributed by atoms with van der Waals surface area (Å²) in [5.41, 5.74) is 1.71. The van der Waals surface area contributed by atoms with Crippen LogP contribution in [-0.4, -0.2) is 26.2 Å². The lowest BCUT2D eigenvalue weighted by molar-refractivity contribution is 0.0936. The minimum absolute atomic E-state index is 0.0536. The Morgan fingerprint density at radius 3 is 2.87 bits per heavy atom. The number of rotatable bonds is 5. The largest absolute Gasteiger partial charge is 0.383 e. The third-order valence-electron chi connectivity index (χ3n) is 2.00. The van der Waals surface area contributed by atoms with Gasteiger partial charge in [0.25, 0.3) is 5.91 Å². The summed E-state index contributed by atoms with van der Waals surface area (Å²) in [6.45, 7) is 1.06. The summed E-state index contributed by atoms with van der Waals surface area (Å²) in [6, 6.07) is 7.53. The minimum Gasteiger partial charge on any atom is -0.383 e. The maximum absolute atomic E-state index is 11.7. The van der Waals surface area contributed by atoms with Crippen molar-refractivity contribution in [2.24, 2.45) is 0 Å². The standard InChI is InChI=1S/C11H14BrNO2/c1-15-7-6-13-11(14)10-5-3-2-4-9(10)8-12/h2-5H,6-8H2,1H3,(H,13,14). The van der Waals surface area contributed by atoms with Gasteiger partial charge in [-0.3, -0.25) is 4.79 Å². The molecule has 4 heteroatoms. The zero-order chi connectivity index (χ0) is 11.1. The van der Waals surface area contributed by atoms with E-state index >= 15 is 0 Å².